The molecule has 1 aliphatic heterocycles. The van der Waals surface area contributed by atoms with Gasteiger partial charge in [0.15, 0.2) is 0 Å². The van der Waals surface area contributed by atoms with Crippen LogP contribution >= 0.6 is 0 Å². The lowest BCUT2D eigenvalue weighted by atomic mass is 10.2. The molecule has 3 rings (SSSR count). The van der Waals surface area contributed by atoms with Gasteiger partial charge in [-0.1, -0.05) is 6.07 Å². The lowest BCUT2D eigenvalue weighted by Gasteiger charge is -2.26. The van der Waals surface area contributed by atoms with Crippen LogP contribution in [0.4, 0.5) is 11.4 Å². The predicted molar refractivity (Wildman–Crippen MR) is 106 cm³/mol. The molecule has 1 aromatic carbocycles. The highest BCUT2D eigenvalue weighted by atomic mass is 16.5. The van der Waals surface area contributed by atoms with Crippen molar-refractivity contribution in [3.63, 3.8) is 0 Å². The van der Waals surface area contributed by atoms with Crippen LogP contribution in [0.2, 0.25) is 0 Å². The quantitative estimate of drug-likeness (QED) is 0.780. The van der Waals surface area contributed by atoms with E-state index in [0.29, 0.717) is 17.1 Å². The Labute approximate surface area is 159 Å². The summed E-state index contributed by atoms with van der Waals surface area (Å²) in [5.74, 6) is 0.356. The van der Waals surface area contributed by atoms with Crippen LogP contribution in [0, 0.1) is 6.92 Å². The normalized spacial score (nSPS) is 14.6. The van der Waals surface area contributed by atoms with E-state index in [4.69, 9.17) is 9.47 Å². The fourth-order valence-electron chi connectivity index (χ4n) is 2.92. The van der Waals surface area contributed by atoms with E-state index in [1.165, 1.54) is 0 Å². The summed E-state index contributed by atoms with van der Waals surface area (Å²) in [4.78, 5) is 19.1. The number of ether oxygens (including phenoxy) is 2. The molecule has 27 heavy (non-hydrogen) atoms. The van der Waals surface area contributed by atoms with Gasteiger partial charge in [-0.25, -0.2) is 4.98 Å². The average Bonchev–Trinajstić information content (AvgIpc) is 2.69. The van der Waals surface area contributed by atoms with Crippen LogP contribution in [0.3, 0.4) is 0 Å². The topological polar surface area (TPSA) is 75.7 Å². The van der Waals surface area contributed by atoms with Crippen molar-refractivity contribution >= 4 is 17.3 Å². The number of hydrogen-bond acceptors (Lipinski definition) is 6. The van der Waals surface area contributed by atoms with Gasteiger partial charge in [0.05, 0.1) is 37.9 Å². The summed E-state index contributed by atoms with van der Waals surface area (Å²) in [5.41, 5.74) is 2.93. The molecule has 2 N–H and O–H groups in total. The lowest BCUT2D eigenvalue weighted by Crippen LogP contribution is -2.39. The highest BCUT2D eigenvalue weighted by Crippen LogP contribution is 2.25. The number of aromatic nitrogens is 1. The molecule has 1 fully saturated rings. The molecule has 7 heteroatoms. The summed E-state index contributed by atoms with van der Waals surface area (Å²) in [5, 5.41) is 6.20. The van der Waals surface area contributed by atoms with Gasteiger partial charge in [-0.2, -0.15) is 0 Å². The van der Waals surface area contributed by atoms with E-state index in [2.05, 4.69) is 20.5 Å². The molecule has 1 saturated heterocycles. The first-order valence-corrected chi connectivity index (χ1v) is 9.12. The number of methoxy groups -OCH3 is 1. The van der Waals surface area contributed by atoms with E-state index in [0.717, 1.165) is 50.6 Å². The van der Waals surface area contributed by atoms with Gasteiger partial charge in [-0.3, -0.25) is 9.69 Å². The first-order valence-electron chi connectivity index (χ1n) is 9.12. The zero-order chi connectivity index (χ0) is 19.1. The van der Waals surface area contributed by atoms with E-state index in [9.17, 15) is 4.79 Å². The number of carbonyl (C=O) groups excluding carboxylic acids is 1. The third-order valence-corrected chi connectivity index (χ3v) is 4.46. The molecule has 0 unspecified atom stereocenters. The van der Waals surface area contributed by atoms with E-state index in [1.807, 2.05) is 31.2 Å². The number of aryl methyl sites for hydroxylation is 1. The summed E-state index contributed by atoms with van der Waals surface area (Å²) in [6.07, 6.45) is 1.68. The number of carbonyl (C=O) groups is 1. The summed E-state index contributed by atoms with van der Waals surface area (Å²) < 4.78 is 10.6. The number of pyridine rings is 1. The maximum absolute atomic E-state index is 12.5. The molecule has 144 valence electrons. The van der Waals surface area contributed by atoms with Crippen LogP contribution in [-0.2, 0) is 4.74 Å². The van der Waals surface area contributed by atoms with Crippen molar-refractivity contribution in [2.75, 3.05) is 57.1 Å². The van der Waals surface area contributed by atoms with Crippen molar-refractivity contribution in [3.05, 3.63) is 47.8 Å². The minimum Gasteiger partial charge on any atom is -0.495 e. The van der Waals surface area contributed by atoms with E-state index >= 15 is 0 Å². The Morgan fingerprint density at radius 3 is 2.78 bits per heavy atom. The molecule has 2 aromatic rings. The minimum absolute atomic E-state index is 0.265. The van der Waals surface area contributed by atoms with Crippen molar-refractivity contribution in [2.24, 2.45) is 0 Å². The molecular weight excluding hydrogens is 344 g/mol. The Kier molecular flexibility index (Phi) is 6.62. The molecule has 0 bridgehead atoms. The van der Waals surface area contributed by atoms with Crippen LogP contribution < -0.4 is 15.4 Å². The van der Waals surface area contributed by atoms with E-state index in [-0.39, 0.29) is 5.91 Å². The average molecular weight is 370 g/mol. The maximum Gasteiger partial charge on any atom is 0.274 e. The predicted octanol–water partition coefficient (Wildman–Crippen LogP) is 2.40. The van der Waals surface area contributed by atoms with Gasteiger partial charge in [0.2, 0.25) is 0 Å². The zero-order valence-corrected chi connectivity index (χ0v) is 15.8. The van der Waals surface area contributed by atoms with Crippen molar-refractivity contribution in [2.45, 2.75) is 6.92 Å². The molecule has 1 amide bonds. The number of nitrogens with zero attached hydrogens (tertiary/aromatic N) is 2. The summed E-state index contributed by atoms with van der Waals surface area (Å²) in [6.45, 7) is 7.30. The first-order chi connectivity index (χ1) is 13.2. The smallest absolute Gasteiger partial charge is 0.274 e. The van der Waals surface area contributed by atoms with Gasteiger partial charge in [0, 0.05) is 26.2 Å². The number of rotatable bonds is 7. The summed E-state index contributed by atoms with van der Waals surface area (Å²) in [7, 11) is 1.58. The highest BCUT2D eigenvalue weighted by molar-refractivity contribution is 6.03. The Balaban J connectivity index is 1.53. The number of anilines is 2. The standard InChI is InChI=1S/C20H26N4O3/c1-15-3-6-19(26-2)18(13-15)23-20(25)17-5-4-16(14-22-17)21-7-8-24-9-11-27-12-10-24/h3-6,13-14,21H,7-12H2,1-2H3,(H,23,25). The zero-order valence-electron chi connectivity index (χ0n) is 15.8. The fourth-order valence-corrected chi connectivity index (χ4v) is 2.92. The second-order valence-corrected chi connectivity index (χ2v) is 6.47. The number of hydrogen-bond donors (Lipinski definition) is 2. The number of benzene rings is 1. The molecule has 0 atom stereocenters. The number of amides is 1. The van der Waals surface area contributed by atoms with Gasteiger partial charge < -0.3 is 20.1 Å². The number of morpholine rings is 1. The van der Waals surface area contributed by atoms with Gasteiger partial charge in [0.25, 0.3) is 5.91 Å². The highest BCUT2D eigenvalue weighted by Gasteiger charge is 2.12. The minimum atomic E-state index is -0.265. The van der Waals surface area contributed by atoms with Crippen molar-refractivity contribution in [1.29, 1.82) is 0 Å². The van der Waals surface area contributed by atoms with Gasteiger partial charge >= 0.3 is 0 Å². The Morgan fingerprint density at radius 1 is 1.26 bits per heavy atom. The molecule has 0 aliphatic carbocycles. The van der Waals surface area contributed by atoms with Crippen molar-refractivity contribution in [1.82, 2.24) is 9.88 Å². The molecule has 7 nitrogen and oxygen atoms in total. The van der Waals surface area contributed by atoms with E-state index < -0.39 is 0 Å². The maximum atomic E-state index is 12.5. The van der Waals surface area contributed by atoms with Crippen LogP contribution in [0.15, 0.2) is 36.5 Å². The number of nitrogens with one attached hydrogen (secondary N) is 2. The molecule has 2 heterocycles. The SMILES string of the molecule is COc1ccc(C)cc1NC(=O)c1ccc(NCCN2CCOCC2)cn1. The van der Waals surface area contributed by atoms with Crippen LogP contribution in [-0.4, -0.2) is 62.3 Å². The Morgan fingerprint density at radius 2 is 2.07 bits per heavy atom. The largest absolute Gasteiger partial charge is 0.495 e. The fraction of sp³-hybridized carbons (Fsp3) is 0.400. The second kappa shape index (κ2) is 9.34. The van der Waals surface area contributed by atoms with Gasteiger partial charge in [-0.15, -0.1) is 0 Å². The molecular formula is C20H26N4O3. The van der Waals surface area contributed by atoms with Crippen molar-refractivity contribution in [3.8, 4) is 5.75 Å². The van der Waals surface area contributed by atoms with Crippen molar-refractivity contribution < 1.29 is 14.3 Å². The molecule has 0 spiro atoms. The summed E-state index contributed by atoms with van der Waals surface area (Å²) >= 11 is 0. The van der Waals surface area contributed by atoms with Crippen LogP contribution in [0.25, 0.3) is 0 Å². The lowest BCUT2D eigenvalue weighted by molar-refractivity contribution is 0.0398. The second-order valence-electron chi connectivity index (χ2n) is 6.47. The molecule has 0 saturated carbocycles. The first kappa shape index (κ1) is 19.1. The van der Waals surface area contributed by atoms with Gasteiger partial charge in [-0.05, 0) is 36.8 Å². The van der Waals surface area contributed by atoms with Crippen LogP contribution in [0.5, 0.6) is 5.75 Å². The van der Waals surface area contributed by atoms with Gasteiger partial charge in [0.1, 0.15) is 11.4 Å². The molecule has 1 aliphatic rings. The monoisotopic (exact) mass is 370 g/mol. The Bertz CT molecular complexity index is 758. The molecule has 1 aromatic heterocycles. The third kappa shape index (κ3) is 5.42. The third-order valence-electron chi connectivity index (χ3n) is 4.46. The Hall–Kier alpha value is -2.64. The van der Waals surface area contributed by atoms with Crippen LogP contribution in [0.1, 0.15) is 16.1 Å². The summed E-state index contributed by atoms with van der Waals surface area (Å²) in [6, 6.07) is 9.23. The van der Waals surface area contributed by atoms with E-state index in [1.54, 1.807) is 19.4 Å². The molecule has 0 radical (unpaired) electrons.